The predicted octanol–water partition coefficient (Wildman–Crippen LogP) is -0.0582. The van der Waals surface area contributed by atoms with Gasteiger partial charge in [0.15, 0.2) is 0 Å². The molecule has 0 aliphatic carbocycles. The van der Waals surface area contributed by atoms with Crippen LogP contribution in [0.4, 0.5) is 0 Å². The van der Waals surface area contributed by atoms with E-state index in [-0.39, 0.29) is 17.9 Å². The van der Waals surface area contributed by atoms with Gasteiger partial charge in [-0.05, 0) is 44.4 Å². The molecule has 2 N–H and O–H groups in total. The molecule has 1 aromatic rings. The Morgan fingerprint density at radius 3 is 2.15 bits per heavy atom. The fourth-order valence-electron chi connectivity index (χ4n) is 1.62. The minimum absolute atomic E-state index is 0. The van der Waals surface area contributed by atoms with Crippen LogP contribution in [0.3, 0.4) is 0 Å². The Hall–Kier alpha value is -0.770. The molecule has 1 aromatic carbocycles. The number of benzene rings is 1. The number of halogens is 1. The molecule has 20 heavy (non-hydrogen) atoms. The van der Waals surface area contributed by atoms with Crippen LogP contribution >= 0.6 is 0 Å². The molecule has 4 heteroatoms. The predicted molar refractivity (Wildman–Crippen MR) is 79.8 cm³/mol. The van der Waals surface area contributed by atoms with Crippen LogP contribution < -0.4 is 22.5 Å². The number of aliphatic hydroxyl groups excluding tert-OH is 1. The molecular weight excluding hydrogens is 274 g/mol. The summed E-state index contributed by atoms with van der Waals surface area (Å²) in [6.45, 7) is 11.4. The summed E-state index contributed by atoms with van der Waals surface area (Å²) in [7, 11) is 0. The SMILES string of the molecule is CC(C)c1ccc(OCC(O)CNC(C)(C)C)cc1.[Cl-]. The van der Waals surface area contributed by atoms with Gasteiger partial charge in [-0.15, -0.1) is 0 Å². The van der Waals surface area contributed by atoms with Gasteiger partial charge in [0.05, 0.1) is 0 Å². The molecule has 1 unspecified atom stereocenters. The smallest absolute Gasteiger partial charge is 0.119 e. The molecule has 0 spiro atoms. The van der Waals surface area contributed by atoms with Gasteiger partial charge in [-0.2, -0.15) is 0 Å². The van der Waals surface area contributed by atoms with E-state index in [0.717, 1.165) is 5.75 Å². The van der Waals surface area contributed by atoms with Crippen molar-refractivity contribution in [2.45, 2.75) is 52.2 Å². The summed E-state index contributed by atoms with van der Waals surface area (Å²) in [4.78, 5) is 0. The zero-order chi connectivity index (χ0) is 14.5. The third-order valence-corrected chi connectivity index (χ3v) is 2.86. The van der Waals surface area contributed by atoms with E-state index in [1.165, 1.54) is 5.56 Å². The van der Waals surface area contributed by atoms with E-state index in [9.17, 15) is 5.11 Å². The number of ether oxygens (including phenoxy) is 1. The zero-order valence-electron chi connectivity index (χ0n) is 13.1. The number of aliphatic hydroxyl groups is 1. The van der Waals surface area contributed by atoms with E-state index in [1.807, 2.05) is 12.1 Å². The first kappa shape index (κ1) is 19.2. The quantitative estimate of drug-likeness (QED) is 0.774. The van der Waals surface area contributed by atoms with Gasteiger partial charge in [-0.1, -0.05) is 26.0 Å². The van der Waals surface area contributed by atoms with E-state index in [2.05, 4.69) is 52.1 Å². The van der Waals surface area contributed by atoms with Crippen LogP contribution in [0, 0.1) is 0 Å². The molecule has 1 rings (SSSR count). The summed E-state index contributed by atoms with van der Waals surface area (Å²) in [5.74, 6) is 1.33. The lowest BCUT2D eigenvalue weighted by molar-refractivity contribution is -0.00000636. The van der Waals surface area contributed by atoms with E-state index in [1.54, 1.807) is 0 Å². The van der Waals surface area contributed by atoms with Crippen molar-refractivity contribution in [3.05, 3.63) is 29.8 Å². The minimum Gasteiger partial charge on any atom is -1.00 e. The van der Waals surface area contributed by atoms with Crippen LogP contribution in [0.25, 0.3) is 0 Å². The van der Waals surface area contributed by atoms with Gasteiger partial charge in [0, 0.05) is 12.1 Å². The fraction of sp³-hybridized carbons (Fsp3) is 0.625. The van der Waals surface area contributed by atoms with Crippen LogP contribution in [0.15, 0.2) is 24.3 Å². The monoisotopic (exact) mass is 300 g/mol. The molecule has 0 saturated carbocycles. The van der Waals surface area contributed by atoms with Gasteiger partial charge in [-0.3, -0.25) is 0 Å². The first-order chi connectivity index (χ1) is 8.78. The maximum absolute atomic E-state index is 9.83. The van der Waals surface area contributed by atoms with E-state index >= 15 is 0 Å². The van der Waals surface area contributed by atoms with E-state index < -0.39 is 6.10 Å². The summed E-state index contributed by atoms with van der Waals surface area (Å²) >= 11 is 0. The van der Waals surface area contributed by atoms with Crippen LogP contribution in [0.1, 0.15) is 46.1 Å². The highest BCUT2D eigenvalue weighted by Gasteiger charge is 2.12. The van der Waals surface area contributed by atoms with Gasteiger partial charge in [0.1, 0.15) is 18.5 Å². The normalized spacial score (nSPS) is 12.9. The summed E-state index contributed by atoms with van der Waals surface area (Å²) in [5, 5.41) is 13.1. The van der Waals surface area contributed by atoms with Crippen LogP contribution in [0.2, 0.25) is 0 Å². The number of β-amino-alcohol motifs (C(OH)–C–C–N with tert-alkyl or cyclic N) is 1. The fourth-order valence-corrected chi connectivity index (χ4v) is 1.62. The lowest BCUT2D eigenvalue weighted by Gasteiger charge is -2.23. The summed E-state index contributed by atoms with van der Waals surface area (Å²) in [6, 6.07) is 8.05. The molecule has 3 nitrogen and oxygen atoms in total. The Balaban J connectivity index is 0.00000361. The van der Waals surface area contributed by atoms with Crippen molar-refractivity contribution in [3.8, 4) is 5.75 Å². The second-order valence-corrected chi connectivity index (χ2v) is 6.32. The Morgan fingerprint density at radius 2 is 1.70 bits per heavy atom. The maximum Gasteiger partial charge on any atom is 0.119 e. The molecule has 1 atom stereocenters. The first-order valence-electron chi connectivity index (χ1n) is 6.94. The van der Waals surface area contributed by atoms with Gasteiger partial charge < -0.3 is 27.6 Å². The molecule has 0 amide bonds. The third-order valence-electron chi connectivity index (χ3n) is 2.86. The zero-order valence-corrected chi connectivity index (χ0v) is 13.9. The van der Waals surface area contributed by atoms with Crippen molar-refractivity contribution < 1.29 is 22.3 Å². The first-order valence-corrected chi connectivity index (χ1v) is 6.94. The highest BCUT2D eigenvalue weighted by molar-refractivity contribution is 5.28. The summed E-state index contributed by atoms with van der Waals surface area (Å²) in [6.07, 6.45) is -0.496. The summed E-state index contributed by atoms with van der Waals surface area (Å²) < 4.78 is 5.58. The number of hydrogen-bond donors (Lipinski definition) is 2. The van der Waals surface area contributed by atoms with Crippen LogP contribution in [-0.4, -0.2) is 29.9 Å². The van der Waals surface area contributed by atoms with Gasteiger partial charge in [0.25, 0.3) is 0 Å². The molecular formula is C16H27ClNO2-. The van der Waals surface area contributed by atoms with Crippen molar-refractivity contribution in [1.29, 1.82) is 0 Å². The number of nitrogens with one attached hydrogen (secondary N) is 1. The molecule has 0 radical (unpaired) electrons. The Labute approximate surface area is 129 Å². The Bertz CT molecular complexity index is 371. The van der Waals surface area contributed by atoms with Gasteiger partial charge in [0.2, 0.25) is 0 Å². The third kappa shape index (κ3) is 7.73. The maximum atomic E-state index is 9.83. The van der Waals surface area contributed by atoms with Crippen molar-refractivity contribution >= 4 is 0 Å². The highest BCUT2D eigenvalue weighted by atomic mass is 35.5. The van der Waals surface area contributed by atoms with Crippen LogP contribution in [-0.2, 0) is 0 Å². The molecule has 0 aliphatic heterocycles. The van der Waals surface area contributed by atoms with E-state index in [4.69, 9.17) is 4.74 Å². The molecule has 0 heterocycles. The molecule has 0 saturated heterocycles. The standard InChI is InChI=1S/C16H27NO2.ClH/c1-12(2)13-6-8-15(9-7-13)19-11-14(18)10-17-16(3,4)5;/h6-9,12,14,17-18H,10-11H2,1-5H3;1H/p-1. The lowest BCUT2D eigenvalue weighted by Crippen LogP contribution is -3.00. The second-order valence-electron chi connectivity index (χ2n) is 6.32. The Kier molecular flexibility index (Phi) is 8.17. The molecule has 0 fully saturated rings. The van der Waals surface area contributed by atoms with Crippen molar-refractivity contribution in [3.63, 3.8) is 0 Å². The number of hydrogen-bond acceptors (Lipinski definition) is 3. The molecule has 116 valence electrons. The Morgan fingerprint density at radius 1 is 1.15 bits per heavy atom. The van der Waals surface area contributed by atoms with Gasteiger partial charge in [-0.25, -0.2) is 0 Å². The lowest BCUT2D eigenvalue weighted by atomic mass is 10.0. The molecule has 0 bridgehead atoms. The van der Waals surface area contributed by atoms with Crippen molar-refractivity contribution in [2.75, 3.05) is 13.2 Å². The second kappa shape index (κ2) is 8.50. The van der Waals surface area contributed by atoms with Crippen LogP contribution in [0.5, 0.6) is 5.75 Å². The summed E-state index contributed by atoms with van der Waals surface area (Å²) in [5.41, 5.74) is 1.31. The minimum atomic E-state index is -0.496. The topological polar surface area (TPSA) is 41.5 Å². The van der Waals surface area contributed by atoms with E-state index in [0.29, 0.717) is 19.1 Å². The van der Waals surface area contributed by atoms with Gasteiger partial charge >= 0.3 is 0 Å². The molecule has 0 aliphatic rings. The highest BCUT2D eigenvalue weighted by Crippen LogP contribution is 2.18. The average Bonchev–Trinajstić information content (AvgIpc) is 2.33. The van der Waals surface area contributed by atoms with Crippen molar-refractivity contribution in [1.82, 2.24) is 5.32 Å². The van der Waals surface area contributed by atoms with Crippen molar-refractivity contribution in [2.24, 2.45) is 0 Å². The number of rotatable bonds is 6. The average molecular weight is 301 g/mol. The molecule has 0 aromatic heterocycles. The largest absolute Gasteiger partial charge is 1.00 e.